The molecule has 0 spiro atoms. The summed E-state index contributed by atoms with van der Waals surface area (Å²) in [5.41, 5.74) is 1.60. The average molecular weight is 489 g/mol. The Hall–Kier alpha value is -2.84. The molecule has 2 aromatic carbocycles. The van der Waals surface area contributed by atoms with E-state index in [1.807, 2.05) is 35.2 Å². The first-order chi connectivity index (χ1) is 15.8. The van der Waals surface area contributed by atoms with Gasteiger partial charge >= 0.3 is 0 Å². The summed E-state index contributed by atoms with van der Waals surface area (Å²) in [6.45, 7) is 6.66. The number of benzene rings is 2. The van der Waals surface area contributed by atoms with Gasteiger partial charge in [0.15, 0.2) is 11.7 Å². The molecule has 176 valence electrons. The van der Waals surface area contributed by atoms with Gasteiger partial charge in [0.05, 0.1) is 11.4 Å². The normalized spacial score (nSPS) is 13.6. The van der Waals surface area contributed by atoms with Crippen LogP contribution in [0.5, 0.6) is 5.75 Å². The zero-order chi connectivity index (χ0) is 23.8. The van der Waals surface area contributed by atoms with Crippen molar-refractivity contribution in [3.63, 3.8) is 0 Å². The molecule has 1 aliphatic rings. The largest absolute Gasteiger partial charge is 0.484 e. The highest BCUT2D eigenvalue weighted by atomic mass is 35.5. The number of nitrogens with one attached hydrogen (secondary N) is 2. The molecular weight excluding hydrogens is 460 g/mol. The molecule has 0 bridgehead atoms. The number of thiocarbonyl (C=S) groups is 1. The van der Waals surface area contributed by atoms with E-state index in [0.29, 0.717) is 55.0 Å². The Balaban J connectivity index is 1.56. The fraction of sp³-hybridized carbons (Fsp3) is 0.375. The molecule has 33 heavy (non-hydrogen) atoms. The van der Waals surface area contributed by atoms with Gasteiger partial charge in [0, 0.05) is 37.6 Å². The van der Waals surface area contributed by atoms with Crippen LogP contribution in [0.3, 0.4) is 0 Å². The number of carbonyl (C=O) groups excluding carboxylic acids is 2. The number of rotatable bonds is 7. The monoisotopic (exact) mass is 488 g/mol. The van der Waals surface area contributed by atoms with E-state index >= 15 is 0 Å². The average Bonchev–Trinajstić information content (AvgIpc) is 2.78. The standard InChI is InChI=1S/C24H29ClN4O3S/c1-17(2)14-23(31)29-12-10-28(11-13-29)21-9-8-18(25)15-20(21)26-24(33)27-22(30)16-32-19-6-4-3-5-7-19/h3-9,15,17H,10-14,16H2,1-2H3,(H2,26,27,30,33). The molecule has 2 amide bonds. The maximum Gasteiger partial charge on any atom is 0.264 e. The zero-order valence-electron chi connectivity index (χ0n) is 18.8. The van der Waals surface area contributed by atoms with E-state index in [1.54, 1.807) is 18.2 Å². The summed E-state index contributed by atoms with van der Waals surface area (Å²) in [7, 11) is 0. The van der Waals surface area contributed by atoms with E-state index in [0.717, 1.165) is 5.69 Å². The summed E-state index contributed by atoms with van der Waals surface area (Å²) in [6.07, 6.45) is 0.565. The van der Waals surface area contributed by atoms with E-state index in [2.05, 4.69) is 29.4 Å². The summed E-state index contributed by atoms with van der Waals surface area (Å²) in [5.74, 6) is 0.782. The van der Waals surface area contributed by atoms with Gasteiger partial charge in [-0.15, -0.1) is 0 Å². The Labute approximate surface area is 205 Å². The second kappa shape index (κ2) is 11.9. The molecule has 2 aromatic rings. The second-order valence-corrected chi connectivity index (χ2v) is 9.08. The predicted molar refractivity (Wildman–Crippen MR) is 136 cm³/mol. The highest BCUT2D eigenvalue weighted by molar-refractivity contribution is 7.80. The highest BCUT2D eigenvalue weighted by Gasteiger charge is 2.23. The van der Waals surface area contributed by atoms with Crippen molar-refractivity contribution in [2.75, 3.05) is 43.0 Å². The minimum atomic E-state index is -0.364. The van der Waals surface area contributed by atoms with E-state index in [4.69, 9.17) is 28.6 Å². The van der Waals surface area contributed by atoms with Crippen LogP contribution in [0.2, 0.25) is 5.02 Å². The zero-order valence-corrected chi connectivity index (χ0v) is 20.4. The maximum atomic E-state index is 12.4. The second-order valence-electron chi connectivity index (χ2n) is 8.23. The van der Waals surface area contributed by atoms with Crippen molar-refractivity contribution in [2.45, 2.75) is 20.3 Å². The summed E-state index contributed by atoms with van der Waals surface area (Å²) in [6, 6.07) is 14.6. The van der Waals surface area contributed by atoms with Gasteiger partial charge in [0.25, 0.3) is 5.91 Å². The van der Waals surface area contributed by atoms with Gasteiger partial charge in [-0.3, -0.25) is 14.9 Å². The van der Waals surface area contributed by atoms with Crippen LogP contribution in [0.1, 0.15) is 20.3 Å². The van der Waals surface area contributed by atoms with Crippen molar-refractivity contribution in [3.05, 3.63) is 53.6 Å². The third kappa shape index (κ3) is 7.61. The molecule has 1 aliphatic heterocycles. The number of carbonyl (C=O) groups is 2. The van der Waals surface area contributed by atoms with E-state index in [9.17, 15) is 9.59 Å². The smallest absolute Gasteiger partial charge is 0.264 e. The van der Waals surface area contributed by atoms with Crippen LogP contribution < -0.4 is 20.3 Å². The SMILES string of the molecule is CC(C)CC(=O)N1CCN(c2ccc(Cl)cc2NC(=S)NC(=O)COc2ccccc2)CC1. The van der Waals surface area contributed by atoms with Crippen LogP contribution in [0.4, 0.5) is 11.4 Å². The van der Waals surface area contributed by atoms with Gasteiger partial charge in [0.1, 0.15) is 5.75 Å². The summed E-state index contributed by atoms with van der Waals surface area (Å²) in [5, 5.41) is 6.41. The number of halogens is 1. The molecule has 0 radical (unpaired) electrons. The molecule has 9 heteroatoms. The van der Waals surface area contributed by atoms with Crippen LogP contribution in [0.15, 0.2) is 48.5 Å². The number of hydrogen-bond acceptors (Lipinski definition) is 5. The Morgan fingerprint density at radius 3 is 2.45 bits per heavy atom. The van der Waals surface area contributed by atoms with Crippen molar-refractivity contribution < 1.29 is 14.3 Å². The first-order valence-corrected chi connectivity index (χ1v) is 11.7. The molecule has 7 nitrogen and oxygen atoms in total. The van der Waals surface area contributed by atoms with Crippen molar-refractivity contribution in [1.82, 2.24) is 10.2 Å². The van der Waals surface area contributed by atoms with Gasteiger partial charge in [-0.2, -0.15) is 0 Å². The minimum absolute atomic E-state index is 0.152. The number of amides is 2. The highest BCUT2D eigenvalue weighted by Crippen LogP contribution is 2.30. The molecule has 0 aliphatic carbocycles. The van der Waals surface area contributed by atoms with Crippen LogP contribution in [0.25, 0.3) is 0 Å². The molecule has 2 N–H and O–H groups in total. The molecule has 0 saturated carbocycles. The molecule has 0 aromatic heterocycles. The third-order valence-corrected chi connectivity index (χ3v) is 5.57. The molecule has 1 saturated heterocycles. The van der Waals surface area contributed by atoms with E-state index in [1.165, 1.54) is 0 Å². The van der Waals surface area contributed by atoms with Gasteiger partial charge in [-0.05, 0) is 48.5 Å². The third-order valence-electron chi connectivity index (χ3n) is 5.13. The van der Waals surface area contributed by atoms with Gasteiger partial charge < -0.3 is 19.9 Å². The van der Waals surface area contributed by atoms with Crippen LogP contribution in [0, 0.1) is 5.92 Å². The topological polar surface area (TPSA) is 73.9 Å². The van der Waals surface area contributed by atoms with Crippen molar-refractivity contribution in [3.8, 4) is 5.75 Å². The molecular formula is C24H29ClN4O3S. The Morgan fingerprint density at radius 2 is 1.79 bits per heavy atom. The fourth-order valence-corrected chi connectivity index (χ4v) is 3.94. The Kier molecular flexibility index (Phi) is 8.91. The van der Waals surface area contributed by atoms with Crippen LogP contribution >= 0.6 is 23.8 Å². The lowest BCUT2D eigenvalue weighted by Crippen LogP contribution is -2.49. The molecule has 1 heterocycles. The van der Waals surface area contributed by atoms with Crippen molar-refractivity contribution in [2.24, 2.45) is 5.92 Å². The number of piperazine rings is 1. The van der Waals surface area contributed by atoms with Gasteiger partial charge in [0.2, 0.25) is 5.91 Å². The maximum absolute atomic E-state index is 12.4. The quantitative estimate of drug-likeness (QED) is 0.575. The molecule has 3 rings (SSSR count). The lowest BCUT2D eigenvalue weighted by atomic mass is 10.1. The number of hydrogen-bond donors (Lipinski definition) is 2. The number of nitrogens with zero attached hydrogens (tertiary/aromatic N) is 2. The summed E-state index contributed by atoms with van der Waals surface area (Å²) in [4.78, 5) is 28.7. The lowest BCUT2D eigenvalue weighted by Gasteiger charge is -2.37. The Morgan fingerprint density at radius 1 is 1.09 bits per heavy atom. The Bertz CT molecular complexity index is 979. The van der Waals surface area contributed by atoms with E-state index in [-0.39, 0.29) is 23.5 Å². The predicted octanol–water partition coefficient (Wildman–Crippen LogP) is 3.93. The summed E-state index contributed by atoms with van der Waals surface area (Å²) >= 11 is 11.5. The molecule has 0 atom stereocenters. The number of anilines is 2. The number of ether oxygens (including phenoxy) is 1. The lowest BCUT2D eigenvalue weighted by molar-refractivity contribution is -0.132. The van der Waals surface area contributed by atoms with Crippen molar-refractivity contribution >= 4 is 52.1 Å². The van der Waals surface area contributed by atoms with E-state index < -0.39 is 0 Å². The minimum Gasteiger partial charge on any atom is -0.484 e. The van der Waals surface area contributed by atoms with Crippen LogP contribution in [-0.2, 0) is 9.59 Å². The van der Waals surface area contributed by atoms with Gasteiger partial charge in [-0.1, -0.05) is 43.6 Å². The fourth-order valence-electron chi connectivity index (χ4n) is 3.54. The van der Waals surface area contributed by atoms with Gasteiger partial charge in [-0.25, -0.2) is 0 Å². The van der Waals surface area contributed by atoms with Crippen molar-refractivity contribution in [1.29, 1.82) is 0 Å². The molecule has 0 unspecified atom stereocenters. The first kappa shape index (κ1) is 24.8. The first-order valence-electron chi connectivity index (χ1n) is 10.9. The summed E-state index contributed by atoms with van der Waals surface area (Å²) < 4.78 is 5.45. The van der Waals surface area contributed by atoms with Crippen LogP contribution in [-0.4, -0.2) is 54.6 Å². The molecule has 1 fully saturated rings. The number of para-hydroxylation sites is 1.